The normalized spacial score (nSPS) is 11.1. The summed E-state index contributed by atoms with van der Waals surface area (Å²) in [6.07, 6.45) is 0. The zero-order valence-corrected chi connectivity index (χ0v) is 14.8. The number of fused-ring (bicyclic) bond motifs is 5. The van der Waals surface area contributed by atoms with Crippen LogP contribution in [-0.4, -0.2) is 0 Å². The van der Waals surface area contributed by atoms with E-state index in [1.54, 1.807) is 0 Å². The van der Waals surface area contributed by atoms with Gasteiger partial charge in [-0.05, 0) is 23.1 Å². The van der Waals surface area contributed by atoms with Crippen molar-refractivity contribution in [3.63, 3.8) is 0 Å². The number of nitriles is 1. The molecule has 0 amide bonds. The number of nitrogens with two attached hydrogens (primary N) is 1. The number of benzene rings is 4. The summed E-state index contributed by atoms with van der Waals surface area (Å²) in [5.74, 6) is 0. The Balaban J connectivity index is 2.02. The Morgan fingerprint density at radius 2 is 1.61 bits per heavy atom. The van der Waals surface area contributed by atoms with Gasteiger partial charge < -0.3 is 10.2 Å². The fraction of sp³-hybridized carbons (Fsp3) is 0. The molecule has 4 nitrogen and oxygen atoms in total. The van der Waals surface area contributed by atoms with E-state index >= 15 is 0 Å². The van der Waals surface area contributed by atoms with E-state index in [0.29, 0.717) is 16.5 Å². The van der Waals surface area contributed by atoms with Crippen LogP contribution in [0.1, 0.15) is 5.56 Å². The number of rotatable bonds is 1. The molecule has 0 unspecified atom stereocenters. The molecule has 5 rings (SSSR count). The number of nitrogens with zero attached hydrogens (tertiary/aromatic N) is 1. The smallest absolute Gasteiger partial charge is 0.346 e. The van der Waals surface area contributed by atoms with Gasteiger partial charge in [0.15, 0.2) is 0 Å². The fourth-order valence-electron chi connectivity index (χ4n) is 3.81. The molecule has 0 atom stereocenters. The third-order valence-corrected chi connectivity index (χ3v) is 5.13. The van der Waals surface area contributed by atoms with E-state index in [9.17, 15) is 10.1 Å². The standard InChI is InChI=1S/C24H14N2O2/c25-13-20-18(14-6-2-1-3-7-14)12-19-17-11-10-15-8-4-5-9-16(15)23(17)28-24(27)21(19)22(20)26/h1-12H,26H2. The first-order chi connectivity index (χ1) is 13.7. The number of nitrogen functional groups attached to an aromatic ring is 1. The fourth-order valence-corrected chi connectivity index (χ4v) is 3.81. The lowest BCUT2D eigenvalue weighted by atomic mass is 9.93. The molecule has 0 aliphatic heterocycles. The first kappa shape index (κ1) is 16.1. The largest absolute Gasteiger partial charge is 0.422 e. The molecular formula is C24H14N2O2. The second-order valence-electron chi connectivity index (χ2n) is 6.67. The second kappa shape index (κ2) is 5.97. The van der Waals surface area contributed by atoms with Gasteiger partial charge in [-0.3, -0.25) is 0 Å². The molecule has 28 heavy (non-hydrogen) atoms. The van der Waals surface area contributed by atoms with Crippen LogP contribution < -0.4 is 11.4 Å². The van der Waals surface area contributed by atoms with Crippen LogP contribution >= 0.6 is 0 Å². The minimum atomic E-state index is -0.535. The van der Waals surface area contributed by atoms with Crippen LogP contribution in [0.4, 0.5) is 5.69 Å². The average Bonchev–Trinajstić information content (AvgIpc) is 2.74. The Bertz CT molecular complexity index is 1490. The van der Waals surface area contributed by atoms with Crippen LogP contribution in [0.2, 0.25) is 0 Å². The highest BCUT2D eigenvalue weighted by molar-refractivity contribution is 6.17. The molecule has 0 saturated carbocycles. The van der Waals surface area contributed by atoms with Crippen LogP contribution in [-0.2, 0) is 0 Å². The quantitative estimate of drug-likeness (QED) is 0.252. The summed E-state index contributed by atoms with van der Waals surface area (Å²) in [6.45, 7) is 0. The Morgan fingerprint density at radius 3 is 2.39 bits per heavy atom. The second-order valence-corrected chi connectivity index (χ2v) is 6.67. The van der Waals surface area contributed by atoms with Crippen molar-refractivity contribution in [1.29, 1.82) is 5.26 Å². The molecule has 5 aromatic rings. The highest BCUT2D eigenvalue weighted by Crippen LogP contribution is 2.37. The molecule has 4 aromatic carbocycles. The van der Waals surface area contributed by atoms with Crippen molar-refractivity contribution in [2.24, 2.45) is 0 Å². The highest BCUT2D eigenvalue weighted by Gasteiger charge is 2.19. The maximum Gasteiger partial charge on any atom is 0.346 e. The summed E-state index contributed by atoms with van der Waals surface area (Å²) >= 11 is 0. The van der Waals surface area contributed by atoms with E-state index in [4.69, 9.17) is 10.2 Å². The van der Waals surface area contributed by atoms with Crippen molar-refractivity contribution < 1.29 is 4.42 Å². The maximum absolute atomic E-state index is 12.8. The summed E-state index contributed by atoms with van der Waals surface area (Å²) in [7, 11) is 0. The van der Waals surface area contributed by atoms with Gasteiger partial charge in [0, 0.05) is 21.7 Å². The number of hydrogen-bond donors (Lipinski definition) is 1. The summed E-state index contributed by atoms with van der Waals surface area (Å²) in [6, 6.07) is 25.3. The maximum atomic E-state index is 12.8. The van der Waals surface area contributed by atoms with Crippen LogP contribution in [0.5, 0.6) is 0 Å². The Labute approximate surface area is 160 Å². The molecule has 1 aromatic heterocycles. The number of hydrogen-bond acceptors (Lipinski definition) is 4. The monoisotopic (exact) mass is 362 g/mol. The molecule has 0 radical (unpaired) electrons. The van der Waals surface area contributed by atoms with E-state index in [2.05, 4.69) is 6.07 Å². The van der Waals surface area contributed by atoms with Crippen molar-refractivity contribution in [3.05, 3.63) is 88.8 Å². The van der Waals surface area contributed by atoms with Crippen molar-refractivity contribution in [2.45, 2.75) is 0 Å². The molecule has 0 saturated heterocycles. The van der Waals surface area contributed by atoms with E-state index in [0.717, 1.165) is 21.7 Å². The van der Waals surface area contributed by atoms with Crippen molar-refractivity contribution in [3.8, 4) is 17.2 Å². The lowest BCUT2D eigenvalue weighted by Gasteiger charge is -2.12. The lowest BCUT2D eigenvalue weighted by Crippen LogP contribution is -2.06. The van der Waals surface area contributed by atoms with Crippen molar-refractivity contribution >= 4 is 38.2 Å². The van der Waals surface area contributed by atoms with E-state index < -0.39 is 5.63 Å². The van der Waals surface area contributed by atoms with Crippen molar-refractivity contribution in [1.82, 2.24) is 0 Å². The topological polar surface area (TPSA) is 80.0 Å². The third kappa shape index (κ3) is 2.20. The molecule has 0 bridgehead atoms. The van der Waals surface area contributed by atoms with Crippen LogP contribution in [0.25, 0.3) is 43.6 Å². The molecule has 0 aliphatic rings. The summed E-state index contributed by atoms with van der Waals surface area (Å²) in [4.78, 5) is 12.8. The van der Waals surface area contributed by atoms with Gasteiger partial charge in [0.1, 0.15) is 11.7 Å². The van der Waals surface area contributed by atoms with Crippen LogP contribution in [0, 0.1) is 11.3 Å². The van der Waals surface area contributed by atoms with Crippen molar-refractivity contribution in [2.75, 3.05) is 5.73 Å². The highest BCUT2D eigenvalue weighted by atomic mass is 16.4. The SMILES string of the molecule is N#Cc1c(-c2ccccc2)cc2c(c1N)c(=O)oc1c3ccccc3ccc21. The van der Waals surface area contributed by atoms with Gasteiger partial charge in [-0.15, -0.1) is 0 Å². The zero-order valence-electron chi connectivity index (χ0n) is 14.8. The van der Waals surface area contributed by atoms with E-state index in [-0.39, 0.29) is 16.6 Å². The minimum absolute atomic E-state index is 0.155. The van der Waals surface area contributed by atoms with Gasteiger partial charge in [0.2, 0.25) is 0 Å². The molecule has 0 aliphatic carbocycles. The molecule has 2 N–H and O–H groups in total. The summed E-state index contributed by atoms with van der Waals surface area (Å²) < 4.78 is 5.67. The Kier molecular flexibility index (Phi) is 3.43. The van der Waals surface area contributed by atoms with Gasteiger partial charge in [0.25, 0.3) is 0 Å². The molecule has 132 valence electrons. The van der Waals surface area contributed by atoms with E-state index in [1.807, 2.05) is 72.8 Å². The van der Waals surface area contributed by atoms with Gasteiger partial charge in [-0.2, -0.15) is 5.26 Å². The molecule has 0 fully saturated rings. The van der Waals surface area contributed by atoms with Gasteiger partial charge in [-0.1, -0.05) is 60.7 Å². The average molecular weight is 362 g/mol. The molecule has 0 spiro atoms. The van der Waals surface area contributed by atoms with E-state index in [1.165, 1.54) is 0 Å². The Hall–Kier alpha value is -4.10. The summed E-state index contributed by atoms with van der Waals surface area (Å²) in [5.41, 5.74) is 8.29. The summed E-state index contributed by atoms with van der Waals surface area (Å²) in [5, 5.41) is 13.3. The molecule has 1 heterocycles. The lowest BCUT2D eigenvalue weighted by molar-refractivity contribution is 0.573. The first-order valence-electron chi connectivity index (χ1n) is 8.85. The number of anilines is 1. The van der Waals surface area contributed by atoms with Gasteiger partial charge >= 0.3 is 5.63 Å². The minimum Gasteiger partial charge on any atom is -0.422 e. The zero-order chi connectivity index (χ0) is 19.3. The van der Waals surface area contributed by atoms with Crippen LogP contribution in [0.15, 0.2) is 82.0 Å². The Morgan fingerprint density at radius 1 is 0.857 bits per heavy atom. The molecule has 4 heteroatoms. The first-order valence-corrected chi connectivity index (χ1v) is 8.85. The van der Waals surface area contributed by atoms with Gasteiger partial charge in [-0.25, -0.2) is 4.79 Å². The third-order valence-electron chi connectivity index (χ3n) is 5.13. The predicted molar refractivity (Wildman–Crippen MR) is 112 cm³/mol. The predicted octanol–water partition coefficient (Wildman–Crippen LogP) is 5.22. The van der Waals surface area contributed by atoms with Crippen LogP contribution in [0.3, 0.4) is 0 Å². The van der Waals surface area contributed by atoms with Gasteiger partial charge in [0.05, 0.1) is 16.6 Å². The molecular weight excluding hydrogens is 348 g/mol.